The van der Waals surface area contributed by atoms with Gasteiger partial charge in [0.2, 0.25) is 0 Å². The Balaban J connectivity index is 0.00000280. The third-order valence-corrected chi connectivity index (χ3v) is 8.23. The van der Waals surface area contributed by atoms with E-state index in [9.17, 15) is 12.8 Å². The van der Waals surface area contributed by atoms with Crippen LogP contribution in [0.4, 0.5) is 4.39 Å². The predicted octanol–water partition coefficient (Wildman–Crippen LogP) is 2.82. The number of sulfone groups is 1. The van der Waals surface area contributed by atoms with Crippen LogP contribution in [0.3, 0.4) is 0 Å². The number of nitrogens with one attached hydrogen (secondary N) is 1. The SMILES string of the molecule is CN=C(NCc1cc(C#N)ccc1F)N1CCS(=O)(=O)C2(CCCCC2)C1.I. The largest absolute Gasteiger partial charge is 0.352 e. The van der Waals surface area contributed by atoms with Gasteiger partial charge in [-0.15, -0.1) is 24.0 Å². The number of aliphatic imine (C=N–C) groups is 1. The van der Waals surface area contributed by atoms with E-state index in [4.69, 9.17) is 5.26 Å². The van der Waals surface area contributed by atoms with Gasteiger partial charge in [-0.25, -0.2) is 12.8 Å². The standard InChI is InChI=1S/C19H25FN4O2S.HI/c1-22-18(23-13-16-11-15(12-21)5-6-17(16)20)24-9-10-27(25,26)19(14-24)7-3-2-4-8-19;/h5-6,11H,2-4,7-10,13-14H2,1H3,(H,22,23);1H. The summed E-state index contributed by atoms with van der Waals surface area (Å²) < 4.78 is 38.8. The van der Waals surface area contributed by atoms with Crippen LogP contribution in [0.2, 0.25) is 0 Å². The van der Waals surface area contributed by atoms with E-state index >= 15 is 0 Å². The molecule has 0 atom stereocenters. The second-order valence-corrected chi connectivity index (χ2v) is 9.81. The van der Waals surface area contributed by atoms with Crippen LogP contribution in [0.1, 0.15) is 43.2 Å². The Morgan fingerprint density at radius 3 is 2.71 bits per heavy atom. The number of nitrogens with zero attached hydrogens (tertiary/aromatic N) is 3. The van der Waals surface area contributed by atoms with Crippen LogP contribution in [0.5, 0.6) is 0 Å². The summed E-state index contributed by atoms with van der Waals surface area (Å²) in [7, 11) is -1.48. The first-order chi connectivity index (χ1) is 12.9. The number of guanidine groups is 1. The quantitative estimate of drug-likeness (QED) is 0.369. The second kappa shape index (κ2) is 9.39. The zero-order chi connectivity index (χ0) is 19.5. The van der Waals surface area contributed by atoms with E-state index < -0.39 is 14.6 Å². The number of nitriles is 1. The summed E-state index contributed by atoms with van der Waals surface area (Å²) in [4.78, 5) is 6.24. The van der Waals surface area contributed by atoms with Crippen LogP contribution in [-0.4, -0.2) is 49.9 Å². The molecule has 1 aromatic carbocycles. The van der Waals surface area contributed by atoms with E-state index in [0.29, 0.717) is 43.0 Å². The fraction of sp³-hybridized carbons (Fsp3) is 0.579. The highest BCUT2D eigenvalue weighted by Gasteiger charge is 2.48. The van der Waals surface area contributed by atoms with Crippen molar-refractivity contribution in [2.24, 2.45) is 4.99 Å². The molecule has 0 bridgehead atoms. The monoisotopic (exact) mass is 520 g/mol. The first-order valence-corrected chi connectivity index (χ1v) is 10.9. The van der Waals surface area contributed by atoms with E-state index in [1.807, 2.05) is 11.0 Å². The molecule has 1 N–H and O–H groups in total. The zero-order valence-corrected chi connectivity index (χ0v) is 19.1. The summed E-state index contributed by atoms with van der Waals surface area (Å²) >= 11 is 0. The fourth-order valence-corrected chi connectivity index (χ4v) is 6.26. The van der Waals surface area contributed by atoms with Gasteiger partial charge < -0.3 is 10.2 Å². The van der Waals surface area contributed by atoms with Crippen molar-refractivity contribution in [3.63, 3.8) is 0 Å². The van der Waals surface area contributed by atoms with Crippen molar-refractivity contribution < 1.29 is 12.8 Å². The molecule has 0 unspecified atom stereocenters. The third-order valence-electron chi connectivity index (χ3n) is 5.66. The van der Waals surface area contributed by atoms with Crippen molar-refractivity contribution in [1.82, 2.24) is 10.2 Å². The highest BCUT2D eigenvalue weighted by atomic mass is 127. The minimum absolute atomic E-state index is 0. The third kappa shape index (κ3) is 4.59. The van der Waals surface area contributed by atoms with Crippen molar-refractivity contribution >= 4 is 39.8 Å². The molecule has 1 aromatic rings. The molecule has 0 radical (unpaired) electrons. The Labute approximate surface area is 183 Å². The Bertz CT molecular complexity index is 876. The Hall–Kier alpha value is -1.41. The molecular formula is C19H26FIN4O2S. The van der Waals surface area contributed by atoms with Crippen LogP contribution in [0.25, 0.3) is 0 Å². The minimum Gasteiger partial charge on any atom is -0.352 e. The van der Waals surface area contributed by atoms with Crippen LogP contribution in [0, 0.1) is 17.1 Å². The molecule has 3 rings (SSSR count). The molecule has 9 heteroatoms. The van der Waals surface area contributed by atoms with E-state index in [1.54, 1.807) is 7.05 Å². The number of benzene rings is 1. The second-order valence-electron chi connectivity index (χ2n) is 7.30. The Morgan fingerprint density at radius 1 is 1.36 bits per heavy atom. The van der Waals surface area contributed by atoms with E-state index in [2.05, 4.69) is 10.3 Å². The van der Waals surface area contributed by atoms with Crippen molar-refractivity contribution in [3.05, 3.63) is 35.1 Å². The number of hydrogen-bond acceptors (Lipinski definition) is 4. The molecule has 0 amide bonds. The molecule has 1 saturated carbocycles. The van der Waals surface area contributed by atoms with Crippen molar-refractivity contribution in [3.8, 4) is 6.07 Å². The molecular weight excluding hydrogens is 494 g/mol. The van der Waals surface area contributed by atoms with Gasteiger partial charge in [0.1, 0.15) is 5.82 Å². The minimum atomic E-state index is -3.12. The van der Waals surface area contributed by atoms with E-state index in [0.717, 1.165) is 19.3 Å². The molecule has 6 nitrogen and oxygen atoms in total. The average molecular weight is 520 g/mol. The summed E-state index contributed by atoms with van der Waals surface area (Å²) in [5.74, 6) is 0.296. The van der Waals surface area contributed by atoms with Crippen LogP contribution in [-0.2, 0) is 16.4 Å². The lowest BCUT2D eigenvalue weighted by Gasteiger charge is -2.45. The maximum absolute atomic E-state index is 14.0. The molecule has 1 heterocycles. The number of hydrogen-bond donors (Lipinski definition) is 1. The molecule has 28 heavy (non-hydrogen) atoms. The lowest BCUT2D eigenvalue weighted by Crippen LogP contribution is -2.60. The Morgan fingerprint density at radius 2 is 2.07 bits per heavy atom. The van der Waals surface area contributed by atoms with E-state index in [1.165, 1.54) is 18.2 Å². The van der Waals surface area contributed by atoms with Gasteiger partial charge in [0.25, 0.3) is 0 Å². The van der Waals surface area contributed by atoms with Gasteiger partial charge in [-0.05, 0) is 31.0 Å². The molecule has 1 aliphatic carbocycles. The highest BCUT2D eigenvalue weighted by molar-refractivity contribution is 14.0. The van der Waals surface area contributed by atoms with Gasteiger partial charge >= 0.3 is 0 Å². The molecule has 1 aliphatic heterocycles. The molecule has 154 valence electrons. The molecule has 2 aliphatic rings. The molecule has 2 fully saturated rings. The first-order valence-electron chi connectivity index (χ1n) is 9.27. The fourth-order valence-electron chi connectivity index (χ4n) is 4.10. The first kappa shape index (κ1) is 22.9. The summed E-state index contributed by atoms with van der Waals surface area (Å²) in [6.07, 6.45) is 4.35. The summed E-state index contributed by atoms with van der Waals surface area (Å²) in [5, 5.41) is 12.1. The van der Waals surface area contributed by atoms with Crippen LogP contribution < -0.4 is 5.32 Å². The Kier molecular flexibility index (Phi) is 7.67. The topological polar surface area (TPSA) is 85.6 Å². The molecule has 1 saturated heterocycles. The highest BCUT2D eigenvalue weighted by Crippen LogP contribution is 2.38. The van der Waals surface area contributed by atoms with Gasteiger partial charge in [-0.3, -0.25) is 4.99 Å². The van der Waals surface area contributed by atoms with Crippen LogP contribution in [0.15, 0.2) is 23.2 Å². The smallest absolute Gasteiger partial charge is 0.193 e. The van der Waals surface area contributed by atoms with Crippen LogP contribution >= 0.6 is 24.0 Å². The summed E-state index contributed by atoms with van der Waals surface area (Å²) in [6.45, 7) is 0.991. The van der Waals surface area contributed by atoms with Crippen molar-refractivity contribution in [2.75, 3.05) is 25.9 Å². The van der Waals surface area contributed by atoms with Gasteiger partial charge in [-0.2, -0.15) is 5.26 Å². The number of halogens is 2. The molecule has 1 spiro atoms. The molecule has 0 aromatic heterocycles. The summed E-state index contributed by atoms with van der Waals surface area (Å²) in [6, 6.07) is 6.24. The van der Waals surface area contributed by atoms with Gasteiger partial charge in [0.15, 0.2) is 15.8 Å². The lowest BCUT2D eigenvalue weighted by atomic mass is 9.87. The van der Waals surface area contributed by atoms with Crippen molar-refractivity contribution in [1.29, 1.82) is 5.26 Å². The number of rotatable bonds is 2. The average Bonchev–Trinajstić information content (AvgIpc) is 2.67. The van der Waals surface area contributed by atoms with Gasteiger partial charge in [0, 0.05) is 32.2 Å². The predicted molar refractivity (Wildman–Crippen MR) is 118 cm³/mol. The maximum atomic E-state index is 14.0. The normalized spacial score (nSPS) is 20.9. The maximum Gasteiger partial charge on any atom is 0.193 e. The zero-order valence-electron chi connectivity index (χ0n) is 15.9. The van der Waals surface area contributed by atoms with E-state index in [-0.39, 0.29) is 42.1 Å². The van der Waals surface area contributed by atoms with Crippen molar-refractivity contribution in [2.45, 2.75) is 43.4 Å². The van der Waals surface area contributed by atoms with Gasteiger partial charge in [0.05, 0.1) is 22.1 Å². The van der Waals surface area contributed by atoms with Gasteiger partial charge in [-0.1, -0.05) is 19.3 Å². The lowest BCUT2D eigenvalue weighted by molar-refractivity contribution is 0.274. The summed E-state index contributed by atoms with van der Waals surface area (Å²) in [5.41, 5.74) is 0.778.